The Labute approximate surface area is 89.6 Å². The van der Waals surface area contributed by atoms with Crippen LogP contribution in [0.4, 0.5) is 0 Å². The molecule has 0 aliphatic heterocycles. The number of allylic oxidation sites excluding steroid dienone is 2. The van der Waals surface area contributed by atoms with E-state index in [0.29, 0.717) is 17.9 Å². The van der Waals surface area contributed by atoms with E-state index in [2.05, 4.69) is 17.9 Å². The minimum Gasteiger partial charge on any atom is -0.432 e. The molecule has 84 valence electrons. The maximum atomic E-state index is 11.1. The highest BCUT2D eigenvalue weighted by molar-refractivity contribution is 5.78. The Bertz CT molecular complexity index is 278. The number of carbonyl (C=O) groups excluding carboxylic acids is 2. The van der Waals surface area contributed by atoms with Gasteiger partial charge in [-0.3, -0.25) is 9.59 Å². The summed E-state index contributed by atoms with van der Waals surface area (Å²) in [5.41, 5.74) is 0. The van der Waals surface area contributed by atoms with Crippen molar-refractivity contribution in [2.24, 2.45) is 0 Å². The van der Waals surface area contributed by atoms with Gasteiger partial charge in [-0.2, -0.15) is 0 Å². The third-order valence-electron chi connectivity index (χ3n) is 1.47. The van der Waals surface area contributed by atoms with E-state index in [1.54, 1.807) is 6.92 Å². The maximum absolute atomic E-state index is 11.1. The smallest absolute Gasteiger partial charge is 0.311 e. The molecule has 0 aliphatic carbocycles. The third kappa shape index (κ3) is 7.49. The van der Waals surface area contributed by atoms with E-state index in [9.17, 15) is 9.59 Å². The highest BCUT2D eigenvalue weighted by atomic mass is 16.5. The number of esters is 2. The molecule has 4 heteroatoms. The van der Waals surface area contributed by atoms with Gasteiger partial charge in [-0.25, -0.2) is 0 Å². The molecule has 0 N–H and O–H groups in total. The average molecular weight is 212 g/mol. The van der Waals surface area contributed by atoms with Gasteiger partial charge in [-0.1, -0.05) is 20.1 Å². The van der Waals surface area contributed by atoms with Crippen LogP contribution in [0.15, 0.2) is 24.7 Å². The standard InChI is InChI=1S/C11H16O4/c1-5-9(4)15-11(13)7-6-10(12)14-8(2)3/h2,4-7H2,1,3H3. The molecule has 0 aromatic heterocycles. The van der Waals surface area contributed by atoms with Crippen molar-refractivity contribution in [3.05, 3.63) is 24.7 Å². The SMILES string of the molecule is C=C(C)OC(=O)CCC(=O)OC(=C)CC. The van der Waals surface area contributed by atoms with Gasteiger partial charge in [-0.05, 0) is 6.92 Å². The fraction of sp³-hybridized carbons (Fsp3) is 0.455. The summed E-state index contributed by atoms with van der Waals surface area (Å²) in [5.74, 6) is -0.248. The molecule has 0 bridgehead atoms. The summed E-state index contributed by atoms with van der Waals surface area (Å²) in [6, 6.07) is 0. The molecule has 0 rings (SSSR count). The van der Waals surface area contributed by atoms with Crippen LogP contribution in [0.5, 0.6) is 0 Å². The molecule has 0 heterocycles. The number of hydrogen-bond donors (Lipinski definition) is 0. The van der Waals surface area contributed by atoms with Gasteiger partial charge >= 0.3 is 11.9 Å². The van der Waals surface area contributed by atoms with Gasteiger partial charge in [0.1, 0.15) is 5.76 Å². The molecule has 15 heavy (non-hydrogen) atoms. The number of carbonyl (C=O) groups is 2. The Balaban J connectivity index is 3.76. The topological polar surface area (TPSA) is 52.6 Å². The highest BCUT2D eigenvalue weighted by Crippen LogP contribution is 2.04. The van der Waals surface area contributed by atoms with Gasteiger partial charge in [-0.15, -0.1) is 0 Å². The van der Waals surface area contributed by atoms with Crippen LogP contribution in [0.25, 0.3) is 0 Å². The highest BCUT2D eigenvalue weighted by Gasteiger charge is 2.10. The van der Waals surface area contributed by atoms with Crippen LogP contribution in [-0.2, 0) is 19.1 Å². The summed E-state index contributed by atoms with van der Waals surface area (Å²) in [7, 11) is 0. The Hall–Kier alpha value is -1.58. The molecule has 0 aromatic rings. The first-order valence-electron chi connectivity index (χ1n) is 4.70. The first kappa shape index (κ1) is 13.4. The van der Waals surface area contributed by atoms with E-state index in [1.807, 2.05) is 6.92 Å². The summed E-state index contributed by atoms with van der Waals surface area (Å²) in [6.45, 7) is 10.3. The molecule has 0 saturated carbocycles. The number of rotatable bonds is 6. The van der Waals surface area contributed by atoms with Crippen molar-refractivity contribution in [3.63, 3.8) is 0 Å². The lowest BCUT2D eigenvalue weighted by atomic mass is 10.3. The van der Waals surface area contributed by atoms with Crippen molar-refractivity contribution in [3.8, 4) is 0 Å². The second-order valence-corrected chi connectivity index (χ2v) is 3.04. The van der Waals surface area contributed by atoms with Gasteiger partial charge in [0.2, 0.25) is 0 Å². The fourth-order valence-electron chi connectivity index (χ4n) is 0.734. The van der Waals surface area contributed by atoms with Gasteiger partial charge in [0, 0.05) is 6.42 Å². The lowest BCUT2D eigenvalue weighted by Gasteiger charge is -2.05. The summed E-state index contributed by atoms with van der Waals surface area (Å²) >= 11 is 0. The van der Waals surface area contributed by atoms with E-state index in [0.717, 1.165) is 0 Å². The van der Waals surface area contributed by atoms with Crippen molar-refractivity contribution in [1.29, 1.82) is 0 Å². The third-order valence-corrected chi connectivity index (χ3v) is 1.47. The first-order chi connectivity index (χ1) is 6.95. The fourth-order valence-corrected chi connectivity index (χ4v) is 0.734. The van der Waals surface area contributed by atoms with Crippen LogP contribution in [0.1, 0.15) is 33.1 Å². The molecule has 0 radical (unpaired) electrons. The van der Waals surface area contributed by atoms with Crippen LogP contribution in [0.2, 0.25) is 0 Å². The van der Waals surface area contributed by atoms with Crippen molar-refractivity contribution >= 4 is 11.9 Å². The number of hydrogen-bond acceptors (Lipinski definition) is 4. The molecule has 0 spiro atoms. The Kier molecular flexibility index (Phi) is 6.09. The van der Waals surface area contributed by atoms with Crippen LogP contribution >= 0.6 is 0 Å². The van der Waals surface area contributed by atoms with Gasteiger partial charge in [0.05, 0.1) is 18.6 Å². The molecule has 0 saturated heterocycles. The molecular formula is C11H16O4. The average Bonchev–Trinajstić information content (AvgIpc) is 2.13. The molecule has 0 unspecified atom stereocenters. The van der Waals surface area contributed by atoms with Crippen LogP contribution in [0, 0.1) is 0 Å². The van der Waals surface area contributed by atoms with Crippen molar-refractivity contribution < 1.29 is 19.1 Å². The van der Waals surface area contributed by atoms with Gasteiger partial charge in [0.25, 0.3) is 0 Å². The van der Waals surface area contributed by atoms with E-state index in [-0.39, 0.29) is 12.8 Å². The lowest BCUT2D eigenvalue weighted by Crippen LogP contribution is -2.09. The molecule has 0 atom stereocenters. The van der Waals surface area contributed by atoms with Crippen LogP contribution < -0.4 is 0 Å². The van der Waals surface area contributed by atoms with E-state index in [1.165, 1.54) is 0 Å². The van der Waals surface area contributed by atoms with E-state index in [4.69, 9.17) is 4.74 Å². The minimum atomic E-state index is -0.485. The first-order valence-corrected chi connectivity index (χ1v) is 4.70. The van der Waals surface area contributed by atoms with Crippen LogP contribution in [-0.4, -0.2) is 11.9 Å². The Morgan fingerprint density at radius 1 is 1.07 bits per heavy atom. The zero-order valence-corrected chi connectivity index (χ0v) is 9.17. The summed E-state index contributed by atoms with van der Waals surface area (Å²) in [4.78, 5) is 22.1. The Morgan fingerprint density at radius 3 is 1.93 bits per heavy atom. The molecule has 0 fully saturated rings. The summed E-state index contributed by atoms with van der Waals surface area (Å²) < 4.78 is 9.46. The molecule has 0 aromatic carbocycles. The monoisotopic (exact) mass is 212 g/mol. The summed E-state index contributed by atoms with van der Waals surface area (Å²) in [6.07, 6.45) is 0.551. The zero-order valence-electron chi connectivity index (χ0n) is 9.17. The maximum Gasteiger partial charge on any atom is 0.311 e. The Morgan fingerprint density at radius 2 is 1.53 bits per heavy atom. The molecule has 4 nitrogen and oxygen atoms in total. The van der Waals surface area contributed by atoms with Crippen molar-refractivity contribution in [2.45, 2.75) is 33.1 Å². The quantitative estimate of drug-likeness (QED) is 0.500. The minimum absolute atomic E-state index is 0.00880. The van der Waals surface area contributed by atoms with Crippen LogP contribution in [0.3, 0.4) is 0 Å². The molecule has 0 amide bonds. The molecule has 0 aliphatic rings. The zero-order chi connectivity index (χ0) is 11.8. The van der Waals surface area contributed by atoms with E-state index < -0.39 is 11.9 Å². The number of ether oxygens (including phenoxy) is 2. The lowest BCUT2D eigenvalue weighted by molar-refractivity contribution is -0.146. The van der Waals surface area contributed by atoms with Gasteiger partial charge < -0.3 is 9.47 Å². The second kappa shape index (κ2) is 6.81. The predicted octanol–water partition coefficient (Wildman–Crippen LogP) is 2.31. The van der Waals surface area contributed by atoms with Gasteiger partial charge in [0.15, 0.2) is 0 Å². The largest absolute Gasteiger partial charge is 0.432 e. The van der Waals surface area contributed by atoms with Crippen molar-refractivity contribution in [1.82, 2.24) is 0 Å². The summed E-state index contributed by atoms with van der Waals surface area (Å²) in [5, 5.41) is 0. The van der Waals surface area contributed by atoms with E-state index >= 15 is 0 Å². The second-order valence-electron chi connectivity index (χ2n) is 3.04. The molecular weight excluding hydrogens is 196 g/mol. The predicted molar refractivity (Wildman–Crippen MR) is 55.7 cm³/mol. The normalized spacial score (nSPS) is 9.20. The van der Waals surface area contributed by atoms with Crippen molar-refractivity contribution in [2.75, 3.05) is 0 Å².